The Balaban J connectivity index is 1.43. The molecule has 2 aliphatic heterocycles. The van der Waals surface area contributed by atoms with Gasteiger partial charge in [-0.25, -0.2) is 4.98 Å². The second-order valence-electron chi connectivity index (χ2n) is 7.85. The first kappa shape index (κ1) is 20.6. The van der Waals surface area contributed by atoms with Crippen LogP contribution in [0.2, 0.25) is 0 Å². The number of aromatic nitrogens is 2. The van der Waals surface area contributed by atoms with Gasteiger partial charge in [0.05, 0.1) is 17.6 Å². The molecular weight excluding hydrogens is 424 g/mol. The van der Waals surface area contributed by atoms with Crippen LogP contribution in [0.3, 0.4) is 0 Å². The van der Waals surface area contributed by atoms with E-state index in [9.17, 15) is 14.4 Å². The maximum absolute atomic E-state index is 13.1. The van der Waals surface area contributed by atoms with Gasteiger partial charge in [-0.05, 0) is 43.2 Å². The quantitative estimate of drug-likeness (QED) is 0.416. The number of aryl methyl sites for hydroxylation is 1. The van der Waals surface area contributed by atoms with Crippen LogP contribution in [0, 0.1) is 6.92 Å². The number of nitrogens with one attached hydrogen (secondary N) is 5. The van der Waals surface area contributed by atoms with Crippen molar-refractivity contribution in [2.45, 2.75) is 19.8 Å². The largest absolute Gasteiger partial charge is 0.474 e. The molecule has 0 bridgehead atoms. The molecule has 2 aromatic heterocycles. The fraction of sp³-hybridized carbons (Fsp3) is 0.217. The summed E-state index contributed by atoms with van der Waals surface area (Å²) in [4.78, 5) is 44.1. The van der Waals surface area contributed by atoms with Gasteiger partial charge in [-0.1, -0.05) is 0 Å². The van der Waals surface area contributed by atoms with E-state index in [1.54, 1.807) is 30.5 Å². The third-order valence-corrected chi connectivity index (χ3v) is 5.66. The number of fused-ring (bicyclic) bond motifs is 2. The highest BCUT2D eigenvalue weighted by molar-refractivity contribution is 6.08. The highest BCUT2D eigenvalue weighted by Gasteiger charge is 2.21. The van der Waals surface area contributed by atoms with Crippen molar-refractivity contribution in [1.82, 2.24) is 9.97 Å². The average Bonchev–Trinajstić information content (AvgIpc) is 2.81. The molecule has 2 aliphatic rings. The van der Waals surface area contributed by atoms with Gasteiger partial charge in [0.15, 0.2) is 0 Å². The van der Waals surface area contributed by atoms with Gasteiger partial charge < -0.3 is 31.0 Å². The smallest absolute Gasteiger partial charge is 0.263 e. The van der Waals surface area contributed by atoms with Crippen molar-refractivity contribution in [2.24, 2.45) is 0 Å². The second kappa shape index (κ2) is 8.30. The predicted molar refractivity (Wildman–Crippen MR) is 125 cm³/mol. The van der Waals surface area contributed by atoms with Crippen LogP contribution in [-0.4, -0.2) is 34.9 Å². The van der Waals surface area contributed by atoms with Gasteiger partial charge in [0.2, 0.25) is 11.8 Å². The number of anilines is 5. The minimum Gasteiger partial charge on any atom is -0.474 e. The third-order valence-electron chi connectivity index (χ3n) is 5.66. The first-order valence-electron chi connectivity index (χ1n) is 10.6. The van der Waals surface area contributed by atoms with E-state index in [1.807, 2.05) is 6.92 Å². The minimum atomic E-state index is -0.552. The first-order chi connectivity index (χ1) is 16.0. The molecule has 0 spiro atoms. The summed E-state index contributed by atoms with van der Waals surface area (Å²) < 4.78 is 5.56. The maximum Gasteiger partial charge on any atom is 0.263 e. The van der Waals surface area contributed by atoms with Crippen LogP contribution in [-0.2, 0) is 11.2 Å². The van der Waals surface area contributed by atoms with Crippen LogP contribution in [0.25, 0.3) is 0 Å². The summed E-state index contributed by atoms with van der Waals surface area (Å²) in [5.74, 6) is -0.0551. The fourth-order valence-corrected chi connectivity index (χ4v) is 3.95. The Labute approximate surface area is 188 Å². The van der Waals surface area contributed by atoms with E-state index in [0.29, 0.717) is 48.9 Å². The maximum atomic E-state index is 13.1. The zero-order valence-electron chi connectivity index (χ0n) is 17.9. The van der Waals surface area contributed by atoms with E-state index >= 15 is 0 Å². The molecule has 33 heavy (non-hydrogen) atoms. The fourth-order valence-electron chi connectivity index (χ4n) is 3.95. The third kappa shape index (κ3) is 3.98. The predicted octanol–water partition coefficient (Wildman–Crippen LogP) is 2.76. The van der Waals surface area contributed by atoms with Crippen molar-refractivity contribution in [2.75, 3.05) is 34.4 Å². The van der Waals surface area contributed by atoms with E-state index in [2.05, 4.69) is 31.2 Å². The number of hydrogen-bond donors (Lipinski definition) is 5. The van der Waals surface area contributed by atoms with E-state index < -0.39 is 11.5 Å². The zero-order chi connectivity index (χ0) is 22.9. The monoisotopic (exact) mass is 446 g/mol. The number of aromatic amines is 1. The number of hydrogen-bond acceptors (Lipinski definition) is 7. The molecule has 0 atom stereocenters. The van der Waals surface area contributed by atoms with Crippen molar-refractivity contribution >= 4 is 40.3 Å². The lowest BCUT2D eigenvalue weighted by Crippen LogP contribution is -2.25. The lowest BCUT2D eigenvalue weighted by atomic mass is 10.0. The summed E-state index contributed by atoms with van der Waals surface area (Å²) in [5.41, 5.74) is 4.27. The molecule has 10 nitrogen and oxygen atoms in total. The molecule has 4 heterocycles. The number of nitrogens with zero attached hydrogens (tertiary/aromatic N) is 1. The summed E-state index contributed by atoms with van der Waals surface area (Å²) in [6.07, 6.45) is 4.07. The van der Waals surface area contributed by atoms with Gasteiger partial charge in [0, 0.05) is 36.1 Å². The second-order valence-corrected chi connectivity index (χ2v) is 7.85. The molecule has 0 unspecified atom stereocenters. The first-order valence-corrected chi connectivity index (χ1v) is 10.6. The molecule has 0 radical (unpaired) electrons. The Kier molecular flexibility index (Phi) is 5.17. The Morgan fingerprint density at radius 3 is 2.91 bits per heavy atom. The summed E-state index contributed by atoms with van der Waals surface area (Å²) in [7, 11) is 0. The van der Waals surface area contributed by atoms with E-state index in [0.717, 1.165) is 22.5 Å². The molecule has 2 amide bonds. The number of H-pyrrole nitrogens is 1. The Morgan fingerprint density at radius 2 is 2.03 bits per heavy atom. The molecule has 0 saturated heterocycles. The summed E-state index contributed by atoms with van der Waals surface area (Å²) in [5, 5.41) is 12.0. The van der Waals surface area contributed by atoms with Crippen LogP contribution >= 0.6 is 0 Å². The Hall–Kier alpha value is -4.34. The highest BCUT2D eigenvalue weighted by Crippen LogP contribution is 2.34. The van der Waals surface area contributed by atoms with Crippen molar-refractivity contribution < 1.29 is 14.3 Å². The zero-order valence-corrected chi connectivity index (χ0v) is 17.9. The molecule has 5 rings (SSSR count). The van der Waals surface area contributed by atoms with Gasteiger partial charge in [0.25, 0.3) is 11.5 Å². The number of carbonyl (C=O) groups excluding carboxylic acids is 2. The van der Waals surface area contributed by atoms with Crippen molar-refractivity contribution in [3.63, 3.8) is 0 Å². The van der Waals surface area contributed by atoms with Gasteiger partial charge in [-0.3, -0.25) is 14.4 Å². The van der Waals surface area contributed by atoms with E-state index in [1.165, 1.54) is 6.20 Å². The van der Waals surface area contributed by atoms with E-state index in [4.69, 9.17) is 4.74 Å². The molecule has 3 aromatic rings. The lowest BCUT2D eigenvalue weighted by Gasteiger charge is -2.22. The van der Waals surface area contributed by atoms with Crippen molar-refractivity contribution in [3.8, 4) is 5.88 Å². The average molecular weight is 446 g/mol. The summed E-state index contributed by atoms with van der Waals surface area (Å²) in [6, 6.07) is 6.87. The molecule has 0 saturated carbocycles. The highest BCUT2D eigenvalue weighted by atomic mass is 16.5. The number of ether oxygens (including phenoxy) is 1. The number of carbonyl (C=O) groups is 2. The van der Waals surface area contributed by atoms with Gasteiger partial charge in [-0.15, -0.1) is 0 Å². The molecule has 5 N–H and O–H groups in total. The van der Waals surface area contributed by atoms with Crippen LogP contribution in [0.15, 0.2) is 41.5 Å². The number of benzene rings is 1. The summed E-state index contributed by atoms with van der Waals surface area (Å²) >= 11 is 0. The topological polar surface area (TPSA) is 137 Å². The van der Waals surface area contributed by atoms with Gasteiger partial charge in [-0.2, -0.15) is 0 Å². The number of amides is 2. The van der Waals surface area contributed by atoms with Crippen LogP contribution in [0.1, 0.15) is 27.9 Å². The molecule has 1 aromatic carbocycles. The Morgan fingerprint density at radius 1 is 1.15 bits per heavy atom. The standard InChI is InChI=1S/C23H22N6O4/c1-12-17(11-26-23-20(12)24-8-9-33-23)28-16-6-7-25-21(31)19(16)22(32)27-14-3-4-15-13(10-14)2-5-18(30)29-15/h3-4,6-7,10-11,24H,2,5,8-9H2,1H3,(H,27,32)(H,29,30)(H2,25,28,31). The molecule has 168 valence electrons. The van der Waals surface area contributed by atoms with Crippen LogP contribution in [0.4, 0.5) is 28.4 Å². The molecule has 0 fully saturated rings. The molecule has 10 heteroatoms. The van der Waals surface area contributed by atoms with Crippen LogP contribution in [0.5, 0.6) is 5.88 Å². The van der Waals surface area contributed by atoms with E-state index in [-0.39, 0.29) is 11.5 Å². The normalized spacial score (nSPS) is 14.2. The van der Waals surface area contributed by atoms with Crippen LogP contribution < -0.4 is 31.6 Å². The van der Waals surface area contributed by atoms with Gasteiger partial charge in [0.1, 0.15) is 17.9 Å². The molecular formula is C23H22N6O4. The van der Waals surface area contributed by atoms with Crippen molar-refractivity contribution in [3.05, 3.63) is 63.7 Å². The SMILES string of the molecule is Cc1c(Nc2cc[nH]c(=O)c2C(=O)Nc2ccc3c(c2)CCC(=O)N3)cnc2c1NCCO2. The Bertz CT molecular complexity index is 1330. The lowest BCUT2D eigenvalue weighted by molar-refractivity contribution is -0.116. The molecule has 0 aliphatic carbocycles. The van der Waals surface area contributed by atoms with Crippen molar-refractivity contribution in [1.29, 1.82) is 0 Å². The summed E-state index contributed by atoms with van der Waals surface area (Å²) in [6.45, 7) is 3.12. The number of pyridine rings is 2. The van der Waals surface area contributed by atoms with Gasteiger partial charge >= 0.3 is 0 Å². The minimum absolute atomic E-state index is 0.0282. The number of rotatable bonds is 4.